The third-order valence-corrected chi connectivity index (χ3v) is 8.14. The summed E-state index contributed by atoms with van der Waals surface area (Å²) in [5.74, 6) is 2.54. The van der Waals surface area contributed by atoms with Crippen LogP contribution in [0.5, 0.6) is 0 Å². The molecule has 5 heterocycles. The van der Waals surface area contributed by atoms with Gasteiger partial charge in [-0.15, -0.1) is 11.3 Å². The van der Waals surface area contributed by atoms with Gasteiger partial charge in [0.1, 0.15) is 10.6 Å². The maximum atomic E-state index is 5.56. The van der Waals surface area contributed by atoms with Crippen molar-refractivity contribution < 1.29 is 4.74 Å². The molecule has 7 heteroatoms. The van der Waals surface area contributed by atoms with E-state index in [0.29, 0.717) is 6.04 Å². The molecule has 0 spiro atoms. The molecule has 6 nitrogen and oxygen atoms in total. The maximum absolute atomic E-state index is 5.56. The molecule has 2 saturated heterocycles. The van der Waals surface area contributed by atoms with Crippen LogP contribution in [0.25, 0.3) is 21.6 Å². The van der Waals surface area contributed by atoms with Gasteiger partial charge in [-0.2, -0.15) is 0 Å². The number of fused-ring (bicyclic) bond motifs is 3. The van der Waals surface area contributed by atoms with Crippen molar-refractivity contribution in [2.24, 2.45) is 5.92 Å². The Morgan fingerprint density at radius 2 is 2.10 bits per heavy atom. The predicted octanol–water partition coefficient (Wildman–Crippen LogP) is 4.15. The van der Waals surface area contributed by atoms with Gasteiger partial charge in [0, 0.05) is 55.1 Å². The van der Waals surface area contributed by atoms with E-state index in [4.69, 9.17) is 14.7 Å². The van der Waals surface area contributed by atoms with Crippen LogP contribution in [0.2, 0.25) is 0 Å². The first kappa shape index (κ1) is 19.6. The highest BCUT2D eigenvalue weighted by atomic mass is 32.1. The molecule has 1 aliphatic carbocycles. The Hall–Kier alpha value is -2.09. The lowest BCUT2D eigenvalue weighted by atomic mass is 10.0. The fourth-order valence-electron chi connectivity index (χ4n) is 5.27. The molecular weight excluding hydrogens is 406 g/mol. The number of thiophene rings is 1. The van der Waals surface area contributed by atoms with Crippen LogP contribution >= 0.6 is 11.3 Å². The Kier molecular flexibility index (Phi) is 5.34. The summed E-state index contributed by atoms with van der Waals surface area (Å²) in [5, 5.41) is 5.12. The summed E-state index contributed by atoms with van der Waals surface area (Å²) in [6.45, 7) is 5.38. The zero-order chi connectivity index (χ0) is 20.6. The Bertz CT molecular complexity index is 1050. The summed E-state index contributed by atoms with van der Waals surface area (Å²) < 4.78 is 5.56. The molecule has 1 unspecified atom stereocenters. The third-order valence-electron chi connectivity index (χ3n) is 6.95. The van der Waals surface area contributed by atoms with E-state index in [1.807, 2.05) is 29.7 Å². The Labute approximate surface area is 187 Å². The van der Waals surface area contributed by atoms with Gasteiger partial charge in [0.25, 0.3) is 0 Å². The number of piperidine rings is 1. The van der Waals surface area contributed by atoms with E-state index in [1.165, 1.54) is 41.6 Å². The molecule has 1 N–H and O–H groups in total. The van der Waals surface area contributed by atoms with Gasteiger partial charge in [-0.05, 0) is 62.1 Å². The molecule has 3 aromatic heterocycles. The highest BCUT2D eigenvalue weighted by Gasteiger charge is 2.27. The number of nitrogens with one attached hydrogen (secondary N) is 1. The van der Waals surface area contributed by atoms with Crippen LogP contribution in [0, 0.1) is 5.92 Å². The summed E-state index contributed by atoms with van der Waals surface area (Å²) in [6, 6.07) is 4.47. The predicted molar refractivity (Wildman–Crippen MR) is 125 cm³/mol. The fraction of sp³-hybridized carbons (Fsp3) is 0.542. The van der Waals surface area contributed by atoms with E-state index in [2.05, 4.69) is 15.2 Å². The minimum absolute atomic E-state index is 0.466. The largest absolute Gasteiger partial charge is 0.381 e. The number of anilines is 1. The van der Waals surface area contributed by atoms with Crippen molar-refractivity contribution in [3.8, 4) is 11.4 Å². The van der Waals surface area contributed by atoms with Crippen LogP contribution in [0.4, 0.5) is 5.82 Å². The van der Waals surface area contributed by atoms with Gasteiger partial charge in [0.05, 0.1) is 12.0 Å². The number of ether oxygens (including phenoxy) is 1. The van der Waals surface area contributed by atoms with Crippen molar-refractivity contribution in [3.05, 3.63) is 35.0 Å². The lowest BCUT2D eigenvalue weighted by Gasteiger charge is -2.34. The third kappa shape index (κ3) is 3.95. The molecule has 6 rings (SSSR count). The Balaban J connectivity index is 1.25. The fourth-order valence-corrected chi connectivity index (χ4v) is 6.53. The van der Waals surface area contributed by atoms with Gasteiger partial charge < -0.3 is 15.0 Å². The highest BCUT2D eigenvalue weighted by Crippen LogP contribution is 2.40. The number of rotatable bonds is 5. The standard InChI is InChI=1S/C24H29N5OS/c1-4-19-20(5-1)31-24-21(19)23(27-22(28-24)17-3-2-9-25-13-17)26-18-6-10-29(11-7-18)14-16-8-12-30-15-16/h2-3,9,13,16,18H,1,4-8,10-12,14-15H2,(H,26,27,28). The van der Waals surface area contributed by atoms with E-state index in [1.54, 1.807) is 6.20 Å². The quantitative estimate of drug-likeness (QED) is 0.649. The summed E-state index contributed by atoms with van der Waals surface area (Å²) in [6.07, 6.45) is 10.8. The number of hydrogen-bond donors (Lipinski definition) is 1. The van der Waals surface area contributed by atoms with E-state index >= 15 is 0 Å². The first-order valence-corrected chi connectivity index (χ1v) is 12.4. The van der Waals surface area contributed by atoms with E-state index in [-0.39, 0.29) is 0 Å². The van der Waals surface area contributed by atoms with Crippen LogP contribution < -0.4 is 5.32 Å². The monoisotopic (exact) mass is 435 g/mol. The first-order chi connectivity index (χ1) is 15.3. The summed E-state index contributed by atoms with van der Waals surface area (Å²) >= 11 is 1.86. The van der Waals surface area contributed by atoms with Crippen molar-refractivity contribution in [1.82, 2.24) is 19.9 Å². The normalized spacial score (nSPS) is 22.3. The van der Waals surface area contributed by atoms with E-state index in [0.717, 1.165) is 73.5 Å². The average molecular weight is 436 g/mol. The number of aryl methyl sites for hydroxylation is 2. The summed E-state index contributed by atoms with van der Waals surface area (Å²) in [5.41, 5.74) is 2.47. The molecule has 0 bridgehead atoms. The van der Waals surface area contributed by atoms with Gasteiger partial charge in [-0.3, -0.25) is 4.98 Å². The van der Waals surface area contributed by atoms with Crippen LogP contribution in [0.3, 0.4) is 0 Å². The Morgan fingerprint density at radius 3 is 2.90 bits per heavy atom. The maximum Gasteiger partial charge on any atom is 0.164 e. The molecule has 2 aliphatic heterocycles. The van der Waals surface area contributed by atoms with Crippen LogP contribution in [-0.4, -0.2) is 58.7 Å². The van der Waals surface area contributed by atoms with Crippen LogP contribution in [0.15, 0.2) is 24.5 Å². The van der Waals surface area contributed by atoms with Gasteiger partial charge in [0.15, 0.2) is 5.82 Å². The second-order valence-electron chi connectivity index (χ2n) is 9.12. The molecule has 1 atom stereocenters. The highest BCUT2D eigenvalue weighted by molar-refractivity contribution is 7.19. The minimum atomic E-state index is 0.466. The first-order valence-electron chi connectivity index (χ1n) is 11.6. The topological polar surface area (TPSA) is 63.2 Å². The molecule has 0 radical (unpaired) electrons. The zero-order valence-electron chi connectivity index (χ0n) is 17.8. The summed E-state index contributed by atoms with van der Waals surface area (Å²) in [4.78, 5) is 19.5. The lowest BCUT2D eigenvalue weighted by Crippen LogP contribution is -2.41. The lowest BCUT2D eigenvalue weighted by molar-refractivity contribution is 0.154. The molecule has 2 fully saturated rings. The number of likely N-dealkylation sites (tertiary alicyclic amines) is 1. The average Bonchev–Trinajstić information content (AvgIpc) is 3.53. The van der Waals surface area contributed by atoms with Gasteiger partial charge in [-0.25, -0.2) is 9.97 Å². The number of aromatic nitrogens is 3. The zero-order valence-corrected chi connectivity index (χ0v) is 18.7. The van der Waals surface area contributed by atoms with Crippen molar-refractivity contribution in [2.75, 3.05) is 38.2 Å². The molecule has 31 heavy (non-hydrogen) atoms. The molecular formula is C24H29N5OS. The summed E-state index contributed by atoms with van der Waals surface area (Å²) in [7, 11) is 0. The van der Waals surface area contributed by atoms with Gasteiger partial charge >= 0.3 is 0 Å². The molecule has 0 aromatic carbocycles. The second-order valence-corrected chi connectivity index (χ2v) is 10.2. The van der Waals surface area contributed by atoms with Gasteiger partial charge in [-0.1, -0.05) is 0 Å². The second kappa shape index (κ2) is 8.45. The number of pyridine rings is 1. The Morgan fingerprint density at radius 1 is 1.16 bits per heavy atom. The molecule has 3 aromatic rings. The number of nitrogens with zero attached hydrogens (tertiary/aromatic N) is 4. The number of hydrogen-bond acceptors (Lipinski definition) is 7. The minimum Gasteiger partial charge on any atom is -0.381 e. The molecule has 162 valence electrons. The van der Waals surface area contributed by atoms with Crippen molar-refractivity contribution in [3.63, 3.8) is 0 Å². The van der Waals surface area contributed by atoms with E-state index in [9.17, 15) is 0 Å². The smallest absolute Gasteiger partial charge is 0.164 e. The molecule has 0 saturated carbocycles. The SMILES string of the molecule is c1cncc(-c2nc(NC3CCN(CC4CCOC4)CC3)c3c4c(sc3n2)CCC4)c1. The van der Waals surface area contributed by atoms with E-state index < -0.39 is 0 Å². The van der Waals surface area contributed by atoms with Crippen molar-refractivity contribution >= 4 is 27.4 Å². The van der Waals surface area contributed by atoms with Crippen molar-refractivity contribution in [2.45, 2.75) is 44.6 Å². The molecule has 0 amide bonds. The van der Waals surface area contributed by atoms with Crippen LogP contribution in [0.1, 0.15) is 36.1 Å². The van der Waals surface area contributed by atoms with Crippen molar-refractivity contribution in [1.29, 1.82) is 0 Å². The van der Waals surface area contributed by atoms with Gasteiger partial charge in [0.2, 0.25) is 0 Å². The van der Waals surface area contributed by atoms with Crippen LogP contribution in [-0.2, 0) is 17.6 Å². The molecule has 3 aliphatic rings.